The molecule has 1 saturated heterocycles. The van der Waals surface area contributed by atoms with E-state index in [0.29, 0.717) is 6.54 Å². The summed E-state index contributed by atoms with van der Waals surface area (Å²) in [6.45, 7) is 5.92. The van der Waals surface area contributed by atoms with Gasteiger partial charge in [-0.15, -0.1) is 6.58 Å². The fraction of sp³-hybridized carbons (Fsp3) is 0.600. The molecule has 78 valence electrons. The van der Waals surface area contributed by atoms with E-state index in [1.807, 2.05) is 6.92 Å². The summed E-state index contributed by atoms with van der Waals surface area (Å²) < 4.78 is 4.64. The summed E-state index contributed by atoms with van der Waals surface area (Å²) in [6, 6.07) is -0.0899. The van der Waals surface area contributed by atoms with Crippen molar-refractivity contribution in [2.24, 2.45) is 5.92 Å². The third-order valence-corrected chi connectivity index (χ3v) is 2.62. The Morgan fingerprint density at radius 2 is 2.43 bits per heavy atom. The lowest BCUT2D eigenvalue weighted by molar-refractivity contribution is -0.146. The van der Waals surface area contributed by atoms with Crippen LogP contribution in [0.1, 0.15) is 13.3 Å². The molecule has 1 amide bonds. The van der Waals surface area contributed by atoms with Gasteiger partial charge < -0.3 is 9.64 Å². The minimum atomic E-state index is -0.326. The highest BCUT2D eigenvalue weighted by atomic mass is 16.5. The molecule has 1 fully saturated rings. The summed E-state index contributed by atoms with van der Waals surface area (Å²) >= 11 is 0. The highest BCUT2D eigenvalue weighted by Crippen LogP contribution is 2.25. The van der Waals surface area contributed by atoms with Crippen molar-refractivity contribution in [3.8, 4) is 0 Å². The van der Waals surface area contributed by atoms with Gasteiger partial charge in [0.1, 0.15) is 0 Å². The molecule has 0 saturated carbocycles. The van der Waals surface area contributed by atoms with Gasteiger partial charge >= 0.3 is 5.97 Å². The smallest absolute Gasteiger partial charge is 0.311 e. The quantitative estimate of drug-likeness (QED) is 0.491. The van der Waals surface area contributed by atoms with Gasteiger partial charge in [-0.25, -0.2) is 0 Å². The van der Waals surface area contributed by atoms with Crippen LogP contribution in [-0.2, 0) is 14.3 Å². The van der Waals surface area contributed by atoms with Gasteiger partial charge in [-0.05, 0) is 6.92 Å². The van der Waals surface area contributed by atoms with Crippen LogP contribution in [0.3, 0.4) is 0 Å². The average Bonchev–Trinajstić information content (AvgIpc) is 2.45. The minimum absolute atomic E-state index is 0.00667. The van der Waals surface area contributed by atoms with E-state index < -0.39 is 0 Å². The largest absolute Gasteiger partial charge is 0.469 e. The summed E-state index contributed by atoms with van der Waals surface area (Å²) in [7, 11) is 1.34. The zero-order valence-electron chi connectivity index (χ0n) is 8.53. The normalized spacial score (nSPS) is 26.4. The van der Waals surface area contributed by atoms with Crippen LogP contribution in [0.5, 0.6) is 0 Å². The predicted molar refractivity (Wildman–Crippen MR) is 51.5 cm³/mol. The Balaban J connectivity index is 2.73. The van der Waals surface area contributed by atoms with Crippen molar-refractivity contribution in [3.05, 3.63) is 12.7 Å². The van der Waals surface area contributed by atoms with Crippen LogP contribution in [0, 0.1) is 5.92 Å². The topological polar surface area (TPSA) is 46.6 Å². The molecule has 1 aliphatic heterocycles. The molecule has 0 radical (unpaired) electrons. The van der Waals surface area contributed by atoms with Crippen LogP contribution in [0.15, 0.2) is 12.7 Å². The van der Waals surface area contributed by atoms with Crippen LogP contribution >= 0.6 is 0 Å². The highest BCUT2D eigenvalue weighted by molar-refractivity contribution is 5.87. The molecule has 0 spiro atoms. The lowest BCUT2D eigenvalue weighted by atomic mass is 10.0. The lowest BCUT2D eigenvalue weighted by Gasteiger charge is -2.21. The summed E-state index contributed by atoms with van der Waals surface area (Å²) in [5.41, 5.74) is 0. The van der Waals surface area contributed by atoms with E-state index in [4.69, 9.17) is 0 Å². The Bertz CT molecular complexity index is 262. The van der Waals surface area contributed by atoms with Crippen molar-refractivity contribution in [3.63, 3.8) is 0 Å². The number of carbonyl (C=O) groups excluding carboxylic acids is 2. The van der Waals surface area contributed by atoms with Crippen molar-refractivity contribution >= 4 is 11.9 Å². The van der Waals surface area contributed by atoms with Gasteiger partial charge in [0.15, 0.2) is 0 Å². The van der Waals surface area contributed by atoms with Gasteiger partial charge in [0.05, 0.1) is 13.0 Å². The number of methoxy groups -OCH3 is 1. The molecule has 0 aromatic heterocycles. The number of ether oxygens (including phenoxy) is 1. The fourth-order valence-electron chi connectivity index (χ4n) is 1.76. The summed E-state index contributed by atoms with van der Waals surface area (Å²) in [5, 5.41) is 0. The van der Waals surface area contributed by atoms with E-state index >= 15 is 0 Å². The van der Waals surface area contributed by atoms with Gasteiger partial charge in [0.25, 0.3) is 0 Å². The monoisotopic (exact) mass is 197 g/mol. The molecule has 0 aromatic carbocycles. The fourth-order valence-corrected chi connectivity index (χ4v) is 1.76. The predicted octanol–water partition coefficient (Wildman–Crippen LogP) is 0.582. The lowest BCUT2D eigenvalue weighted by Crippen LogP contribution is -2.35. The standard InChI is InChI=1S/C10H15NO3/c1-4-5-11-7(2)8(6-9(11)12)10(13)14-3/h4,7-8H,1,5-6H2,2-3H3. The van der Waals surface area contributed by atoms with Gasteiger partial charge in [0, 0.05) is 19.0 Å². The van der Waals surface area contributed by atoms with Gasteiger partial charge in [-0.1, -0.05) is 6.08 Å². The second-order valence-electron chi connectivity index (χ2n) is 3.41. The molecule has 1 aliphatic rings. The summed E-state index contributed by atoms with van der Waals surface area (Å²) in [4.78, 5) is 24.4. The number of hydrogen-bond acceptors (Lipinski definition) is 3. The molecule has 0 aliphatic carbocycles. The molecule has 1 rings (SSSR count). The molecule has 1 heterocycles. The SMILES string of the molecule is C=CCN1C(=O)CC(C(=O)OC)C1C. The van der Waals surface area contributed by atoms with Crippen LogP contribution in [-0.4, -0.2) is 36.5 Å². The first-order chi connectivity index (χ1) is 6.61. The Morgan fingerprint density at radius 1 is 1.79 bits per heavy atom. The summed E-state index contributed by atoms with van der Waals surface area (Å²) in [5.74, 6) is -0.641. The molecule has 4 heteroatoms. The Kier molecular flexibility index (Phi) is 3.28. The number of nitrogens with zero attached hydrogens (tertiary/aromatic N) is 1. The maximum absolute atomic E-state index is 11.5. The van der Waals surface area contributed by atoms with E-state index in [1.165, 1.54) is 7.11 Å². The van der Waals surface area contributed by atoms with Crippen molar-refractivity contribution in [1.29, 1.82) is 0 Å². The maximum atomic E-state index is 11.5. The molecule has 2 atom stereocenters. The van der Waals surface area contributed by atoms with E-state index in [-0.39, 0.29) is 30.3 Å². The van der Waals surface area contributed by atoms with Crippen molar-refractivity contribution in [1.82, 2.24) is 4.90 Å². The molecule has 0 aromatic rings. The molecular formula is C10H15NO3. The third-order valence-electron chi connectivity index (χ3n) is 2.62. The first-order valence-corrected chi connectivity index (χ1v) is 4.60. The zero-order valence-corrected chi connectivity index (χ0v) is 8.53. The number of amides is 1. The van der Waals surface area contributed by atoms with Crippen LogP contribution in [0.2, 0.25) is 0 Å². The third kappa shape index (κ3) is 1.78. The van der Waals surface area contributed by atoms with Crippen molar-refractivity contribution < 1.29 is 14.3 Å². The van der Waals surface area contributed by atoms with Crippen LogP contribution < -0.4 is 0 Å². The van der Waals surface area contributed by atoms with E-state index in [0.717, 1.165) is 0 Å². The maximum Gasteiger partial charge on any atom is 0.311 e. The zero-order chi connectivity index (χ0) is 10.7. The minimum Gasteiger partial charge on any atom is -0.469 e. The highest BCUT2D eigenvalue weighted by Gasteiger charge is 2.40. The average molecular weight is 197 g/mol. The molecule has 14 heavy (non-hydrogen) atoms. The number of hydrogen-bond donors (Lipinski definition) is 0. The van der Waals surface area contributed by atoms with Crippen LogP contribution in [0.25, 0.3) is 0 Å². The Hall–Kier alpha value is -1.32. The van der Waals surface area contributed by atoms with Crippen molar-refractivity contribution in [2.45, 2.75) is 19.4 Å². The summed E-state index contributed by atoms with van der Waals surface area (Å²) in [6.07, 6.45) is 1.91. The molecule has 2 unspecified atom stereocenters. The van der Waals surface area contributed by atoms with Gasteiger partial charge in [-0.2, -0.15) is 0 Å². The molecule has 4 nitrogen and oxygen atoms in total. The first-order valence-electron chi connectivity index (χ1n) is 4.60. The molecule has 0 bridgehead atoms. The van der Waals surface area contributed by atoms with Gasteiger partial charge in [0.2, 0.25) is 5.91 Å². The Morgan fingerprint density at radius 3 is 2.93 bits per heavy atom. The number of carbonyl (C=O) groups is 2. The molecule has 0 N–H and O–H groups in total. The molecular weight excluding hydrogens is 182 g/mol. The van der Waals surface area contributed by atoms with Crippen molar-refractivity contribution in [2.75, 3.05) is 13.7 Å². The van der Waals surface area contributed by atoms with E-state index in [9.17, 15) is 9.59 Å². The second-order valence-corrected chi connectivity index (χ2v) is 3.41. The second kappa shape index (κ2) is 4.26. The van der Waals surface area contributed by atoms with Crippen LogP contribution in [0.4, 0.5) is 0 Å². The first kappa shape index (κ1) is 10.8. The number of likely N-dealkylation sites (tertiary alicyclic amines) is 1. The number of rotatable bonds is 3. The van der Waals surface area contributed by atoms with Gasteiger partial charge in [-0.3, -0.25) is 9.59 Å². The Labute approximate surface area is 83.5 Å². The van der Waals surface area contributed by atoms with E-state index in [2.05, 4.69) is 11.3 Å². The number of esters is 1. The van der Waals surface area contributed by atoms with E-state index in [1.54, 1.807) is 11.0 Å².